The molecule has 1 unspecified atom stereocenters. The molecule has 0 aliphatic heterocycles. The first-order valence-corrected chi connectivity index (χ1v) is 4.92. The lowest BCUT2D eigenvalue weighted by Gasteiger charge is -2.12. The lowest BCUT2D eigenvalue weighted by Crippen LogP contribution is -2.24. The molecule has 10 heavy (non-hydrogen) atoms. The fourth-order valence-corrected chi connectivity index (χ4v) is 0.839. The Labute approximate surface area is 60.8 Å². The number of hydrogen-bond acceptors (Lipinski definition) is 2. The van der Waals surface area contributed by atoms with E-state index in [-0.39, 0.29) is 0 Å². The van der Waals surface area contributed by atoms with Gasteiger partial charge in [0.25, 0.3) is 0 Å². The standard InChI is InChI=1S/C5H14NO3P/c1-3-6-4-5(2)10(7,8)9/h5-6H,3-4H2,1-2H3,(H2,7,8,9). The van der Waals surface area contributed by atoms with Crippen molar-refractivity contribution < 1.29 is 14.4 Å². The smallest absolute Gasteiger partial charge is 0.324 e. The molecule has 0 aromatic heterocycles. The predicted octanol–water partition coefficient (Wildman–Crippen LogP) is 0.162. The van der Waals surface area contributed by atoms with E-state index in [0.29, 0.717) is 6.54 Å². The van der Waals surface area contributed by atoms with Gasteiger partial charge in [0.2, 0.25) is 0 Å². The van der Waals surface area contributed by atoms with Gasteiger partial charge in [-0.15, -0.1) is 0 Å². The Balaban J connectivity index is 3.63. The van der Waals surface area contributed by atoms with Crippen LogP contribution in [0.4, 0.5) is 0 Å². The van der Waals surface area contributed by atoms with Gasteiger partial charge in [-0.3, -0.25) is 4.57 Å². The monoisotopic (exact) mass is 167 g/mol. The molecule has 62 valence electrons. The second-order valence-corrected chi connectivity index (χ2v) is 4.31. The summed E-state index contributed by atoms with van der Waals surface area (Å²) in [5.74, 6) is 0. The molecule has 0 aliphatic carbocycles. The predicted molar refractivity (Wildman–Crippen MR) is 40.0 cm³/mol. The molecule has 0 spiro atoms. The van der Waals surface area contributed by atoms with Crippen LogP contribution in [-0.2, 0) is 4.57 Å². The molecule has 0 aromatic rings. The lowest BCUT2D eigenvalue weighted by molar-refractivity contribution is 0.358. The molecule has 5 heteroatoms. The molecule has 0 bridgehead atoms. The zero-order chi connectivity index (χ0) is 8.20. The summed E-state index contributed by atoms with van der Waals surface area (Å²) in [7, 11) is -3.85. The van der Waals surface area contributed by atoms with E-state index in [1.165, 1.54) is 6.92 Å². The van der Waals surface area contributed by atoms with Gasteiger partial charge in [0.05, 0.1) is 5.66 Å². The maximum absolute atomic E-state index is 10.5. The summed E-state index contributed by atoms with van der Waals surface area (Å²) < 4.78 is 10.5. The Morgan fingerprint density at radius 1 is 1.60 bits per heavy atom. The van der Waals surface area contributed by atoms with Crippen LogP contribution in [0.5, 0.6) is 0 Å². The summed E-state index contributed by atoms with van der Waals surface area (Å²) in [5.41, 5.74) is -0.576. The highest BCUT2D eigenvalue weighted by atomic mass is 31.2. The number of hydrogen-bond donors (Lipinski definition) is 3. The van der Waals surface area contributed by atoms with E-state index in [1.807, 2.05) is 6.92 Å². The van der Waals surface area contributed by atoms with Crippen molar-refractivity contribution in [2.45, 2.75) is 19.5 Å². The second kappa shape index (κ2) is 4.09. The van der Waals surface area contributed by atoms with E-state index in [1.54, 1.807) is 0 Å². The maximum atomic E-state index is 10.5. The quantitative estimate of drug-likeness (QED) is 0.522. The number of rotatable bonds is 4. The molecule has 0 saturated carbocycles. The van der Waals surface area contributed by atoms with E-state index in [9.17, 15) is 4.57 Å². The van der Waals surface area contributed by atoms with Crippen molar-refractivity contribution in [3.05, 3.63) is 0 Å². The third kappa shape index (κ3) is 4.01. The van der Waals surface area contributed by atoms with Gasteiger partial charge in [0, 0.05) is 6.54 Å². The van der Waals surface area contributed by atoms with Crippen molar-refractivity contribution in [2.75, 3.05) is 13.1 Å². The van der Waals surface area contributed by atoms with Crippen molar-refractivity contribution in [3.8, 4) is 0 Å². The van der Waals surface area contributed by atoms with Crippen LogP contribution >= 0.6 is 7.60 Å². The molecule has 0 rings (SSSR count). The van der Waals surface area contributed by atoms with Gasteiger partial charge >= 0.3 is 7.60 Å². The van der Waals surface area contributed by atoms with Crippen molar-refractivity contribution >= 4 is 7.60 Å². The lowest BCUT2D eigenvalue weighted by atomic mass is 10.5. The third-order valence-corrected chi connectivity index (χ3v) is 2.59. The van der Waals surface area contributed by atoms with Crippen LogP contribution in [-0.4, -0.2) is 28.5 Å². The summed E-state index contributed by atoms with van der Waals surface area (Å²) in [6.45, 7) is 4.54. The average molecular weight is 167 g/mol. The van der Waals surface area contributed by atoms with Gasteiger partial charge in [-0.25, -0.2) is 0 Å². The van der Waals surface area contributed by atoms with Crippen LogP contribution in [0.15, 0.2) is 0 Å². The molecule has 0 fully saturated rings. The molecule has 0 aliphatic rings. The van der Waals surface area contributed by atoms with Crippen LogP contribution in [0.25, 0.3) is 0 Å². The van der Waals surface area contributed by atoms with E-state index in [0.717, 1.165) is 6.54 Å². The first-order chi connectivity index (χ1) is 4.48. The summed E-state index contributed by atoms with van der Waals surface area (Å²) in [6, 6.07) is 0. The molecular weight excluding hydrogens is 153 g/mol. The summed E-state index contributed by atoms with van der Waals surface area (Å²) >= 11 is 0. The Kier molecular flexibility index (Phi) is 4.13. The van der Waals surface area contributed by atoms with Gasteiger partial charge in [-0.2, -0.15) is 0 Å². The highest BCUT2D eigenvalue weighted by Gasteiger charge is 2.22. The Bertz CT molecular complexity index is 133. The van der Waals surface area contributed by atoms with Crippen LogP contribution in [0.1, 0.15) is 13.8 Å². The first kappa shape index (κ1) is 10.1. The Morgan fingerprint density at radius 3 is 2.40 bits per heavy atom. The molecule has 0 aromatic carbocycles. The normalized spacial score (nSPS) is 15.2. The summed E-state index contributed by atoms with van der Waals surface area (Å²) in [6.07, 6.45) is 0. The fourth-order valence-electron chi connectivity index (χ4n) is 0.472. The molecule has 4 nitrogen and oxygen atoms in total. The highest BCUT2D eigenvalue weighted by molar-refractivity contribution is 7.52. The second-order valence-electron chi connectivity index (χ2n) is 2.25. The number of nitrogens with one attached hydrogen (secondary N) is 1. The van der Waals surface area contributed by atoms with Crippen LogP contribution in [0.2, 0.25) is 0 Å². The molecule has 1 atom stereocenters. The minimum absolute atomic E-state index is 0.376. The maximum Gasteiger partial charge on any atom is 0.329 e. The minimum atomic E-state index is -3.85. The van der Waals surface area contributed by atoms with E-state index >= 15 is 0 Å². The molecule has 3 N–H and O–H groups in total. The summed E-state index contributed by atoms with van der Waals surface area (Å²) in [5, 5.41) is 2.86. The van der Waals surface area contributed by atoms with Crippen molar-refractivity contribution in [3.63, 3.8) is 0 Å². The average Bonchev–Trinajstić information content (AvgIpc) is 1.80. The van der Waals surface area contributed by atoms with Gasteiger partial charge < -0.3 is 15.1 Å². The van der Waals surface area contributed by atoms with Crippen molar-refractivity contribution in [2.24, 2.45) is 0 Å². The topological polar surface area (TPSA) is 69.6 Å². The highest BCUT2D eigenvalue weighted by Crippen LogP contribution is 2.40. The molecule has 0 heterocycles. The van der Waals surface area contributed by atoms with Crippen LogP contribution < -0.4 is 5.32 Å². The van der Waals surface area contributed by atoms with Gasteiger partial charge in [-0.1, -0.05) is 6.92 Å². The zero-order valence-corrected chi connectivity index (χ0v) is 7.14. The Hall–Kier alpha value is 0.110. The van der Waals surface area contributed by atoms with Crippen molar-refractivity contribution in [1.29, 1.82) is 0 Å². The molecular formula is C5H14NO3P. The minimum Gasteiger partial charge on any atom is -0.324 e. The van der Waals surface area contributed by atoms with E-state index in [4.69, 9.17) is 9.79 Å². The van der Waals surface area contributed by atoms with E-state index in [2.05, 4.69) is 5.32 Å². The Morgan fingerprint density at radius 2 is 2.10 bits per heavy atom. The SMILES string of the molecule is CCNCC(C)P(=O)(O)O. The molecule has 0 radical (unpaired) electrons. The zero-order valence-electron chi connectivity index (χ0n) is 6.24. The van der Waals surface area contributed by atoms with E-state index < -0.39 is 13.3 Å². The van der Waals surface area contributed by atoms with Gasteiger partial charge in [-0.05, 0) is 13.5 Å². The van der Waals surface area contributed by atoms with Gasteiger partial charge in [0.1, 0.15) is 0 Å². The largest absolute Gasteiger partial charge is 0.329 e. The first-order valence-electron chi connectivity index (χ1n) is 3.24. The van der Waals surface area contributed by atoms with Gasteiger partial charge in [0.15, 0.2) is 0 Å². The summed E-state index contributed by atoms with van der Waals surface area (Å²) in [4.78, 5) is 17.2. The molecule has 0 saturated heterocycles. The van der Waals surface area contributed by atoms with Crippen LogP contribution in [0.3, 0.4) is 0 Å². The third-order valence-electron chi connectivity index (χ3n) is 1.26. The van der Waals surface area contributed by atoms with Crippen LogP contribution in [0, 0.1) is 0 Å². The van der Waals surface area contributed by atoms with Crippen molar-refractivity contribution in [1.82, 2.24) is 5.32 Å². The fraction of sp³-hybridized carbons (Fsp3) is 1.00. The molecule has 0 amide bonds.